The average Bonchev–Trinajstić information content (AvgIpc) is 2.55. The number of allylic oxidation sites excluding steroid dienone is 1. The molecule has 0 heterocycles. The molecule has 0 aromatic rings. The summed E-state index contributed by atoms with van der Waals surface area (Å²) in [6, 6.07) is 0. The van der Waals surface area contributed by atoms with Crippen LogP contribution in [-0.2, 0) is 14.3 Å². The third-order valence-electron chi connectivity index (χ3n) is 7.31. The SMILES string of the molecule is COC(=O)C1=CCCC2C1(C)CCC(C)C2(C)CCC(C)CC(=O)O. The van der Waals surface area contributed by atoms with E-state index in [1.54, 1.807) is 0 Å². The van der Waals surface area contributed by atoms with Crippen molar-refractivity contribution in [2.24, 2.45) is 28.6 Å². The number of rotatable bonds is 6. The molecule has 2 aliphatic carbocycles. The van der Waals surface area contributed by atoms with Gasteiger partial charge in [0, 0.05) is 17.4 Å². The maximum Gasteiger partial charge on any atom is 0.333 e. The molecule has 5 unspecified atom stereocenters. The molecule has 4 heteroatoms. The summed E-state index contributed by atoms with van der Waals surface area (Å²) in [5, 5.41) is 9.03. The molecule has 0 amide bonds. The number of carbonyl (C=O) groups is 2. The Morgan fingerprint density at radius 2 is 2.04 bits per heavy atom. The number of esters is 1. The van der Waals surface area contributed by atoms with Gasteiger partial charge in [-0.3, -0.25) is 4.79 Å². The van der Waals surface area contributed by atoms with Crippen LogP contribution in [0.5, 0.6) is 0 Å². The van der Waals surface area contributed by atoms with E-state index in [1.165, 1.54) is 7.11 Å². The Balaban J connectivity index is 2.24. The molecule has 25 heavy (non-hydrogen) atoms. The first-order valence-electron chi connectivity index (χ1n) is 9.66. The van der Waals surface area contributed by atoms with Crippen molar-refractivity contribution >= 4 is 11.9 Å². The first kappa shape index (κ1) is 20.0. The lowest BCUT2D eigenvalue weighted by Gasteiger charge is -2.58. The highest BCUT2D eigenvalue weighted by Gasteiger charge is 2.55. The first-order valence-corrected chi connectivity index (χ1v) is 9.66. The van der Waals surface area contributed by atoms with Crippen molar-refractivity contribution in [3.05, 3.63) is 11.6 Å². The van der Waals surface area contributed by atoms with Crippen LogP contribution in [0.1, 0.15) is 72.6 Å². The second-order valence-corrected chi connectivity index (χ2v) is 8.84. The number of aliphatic carboxylic acids is 1. The molecule has 0 aromatic heterocycles. The first-order chi connectivity index (χ1) is 11.6. The number of fused-ring (bicyclic) bond motifs is 1. The number of carbonyl (C=O) groups excluding carboxylic acids is 1. The molecule has 5 atom stereocenters. The van der Waals surface area contributed by atoms with E-state index in [0.717, 1.165) is 44.1 Å². The third kappa shape index (κ3) is 3.78. The molecule has 2 rings (SSSR count). The lowest BCUT2D eigenvalue weighted by molar-refractivity contribution is -0.141. The van der Waals surface area contributed by atoms with Gasteiger partial charge in [0.2, 0.25) is 0 Å². The van der Waals surface area contributed by atoms with Crippen molar-refractivity contribution < 1.29 is 19.4 Å². The number of hydrogen-bond donors (Lipinski definition) is 1. The summed E-state index contributed by atoms with van der Waals surface area (Å²) in [6.45, 7) is 8.97. The minimum Gasteiger partial charge on any atom is -0.481 e. The van der Waals surface area contributed by atoms with Crippen LogP contribution < -0.4 is 0 Å². The summed E-state index contributed by atoms with van der Waals surface area (Å²) in [4.78, 5) is 23.3. The van der Waals surface area contributed by atoms with Gasteiger partial charge in [-0.2, -0.15) is 0 Å². The number of carboxylic acid groups (broad SMARTS) is 1. The summed E-state index contributed by atoms with van der Waals surface area (Å²) in [6.07, 6.45) is 8.44. The predicted octanol–water partition coefficient (Wildman–Crippen LogP) is 4.83. The Morgan fingerprint density at radius 3 is 2.64 bits per heavy atom. The lowest BCUT2D eigenvalue weighted by atomic mass is 9.46. The van der Waals surface area contributed by atoms with Gasteiger partial charge in [-0.25, -0.2) is 4.79 Å². The van der Waals surface area contributed by atoms with Gasteiger partial charge >= 0.3 is 11.9 Å². The van der Waals surface area contributed by atoms with Crippen LogP contribution in [-0.4, -0.2) is 24.2 Å². The number of carboxylic acids is 1. The Morgan fingerprint density at radius 1 is 1.36 bits per heavy atom. The fourth-order valence-electron chi connectivity index (χ4n) is 5.49. The maximum absolute atomic E-state index is 12.4. The highest BCUT2D eigenvalue weighted by molar-refractivity contribution is 5.90. The molecule has 0 saturated heterocycles. The van der Waals surface area contributed by atoms with Crippen LogP contribution in [0.2, 0.25) is 0 Å². The van der Waals surface area contributed by atoms with E-state index in [4.69, 9.17) is 9.84 Å². The molecule has 1 saturated carbocycles. The monoisotopic (exact) mass is 350 g/mol. The average molecular weight is 350 g/mol. The zero-order chi connectivity index (χ0) is 18.8. The van der Waals surface area contributed by atoms with Crippen LogP contribution in [0, 0.1) is 28.6 Å². The highest BCUT2D eigenvalue weighted by atomic mass is 16.5. The van der Waals surface area contributed by atoms with Crippen LogP contribution in [0.4, 0.5) is 0 Å². The van der Waals surface area contributed by atoms with E-state index in [0.29, 0.717) is 11.8 Å². The Hall–Kier alpha value is -1.32. The van der Waals surface area contributed by atoms with Crippen LogP contribution in [0.15, 0.2) is 11.6 Å². The number of ether oxygens (including phenoxy) is 1. The number of hydrogen-bond acceptors (Lipinski definition) is 3. The second-order valence-electron chi connectivity index (χ2n) is 8.84. The number of methoxy groups -OCH3 is 1. The highest BCUT2D eigenvalue weighted by Crippen LogP contribution is 2.62. The van der Waals surface area contributed by atoms with E-state index < -0.39 is 5.97 Å². The molecule has 1 N–H and O–H groups in total. The molecular formula is C21H34O4. The van der Waals surface area contributed by atoms with Gasteiger partial charge in [0.1, 0.15) is 0 Å². The summed E-state index contributed by atoms with van der Waals surface area (Å²) >= 11 is 0. The quantitative estimate of drug-likeness (QED) is 0.697. The van der Waals surface area contributed by atoms with Gasteiger partial charge in [-0.1, -0.05) is 33.8 Å². The molecule has 0 spiro atoms. The van der Waals surface area contributed by atoms with Gasteiger partial charge in [0.25, 0.3) is 0 Å². The summed E-state index contributed by atoms with van der Waals surface area (Å²) in [5.41, 5.74) is 0.874. The van der Waals surface area contributed by atoms with Gasteiger partial charge < -0.3 is 9.84 Å². The predicted molar refractivity (Wildman–Crippen MR) is 98.1 cm³/mol. The third-order valence-corrected chi connectivity index (χ3v) is 7.31. The van der Waals surface area contributed by atoms with Crippen LogP contribution in [0.25, 0.3) is 0 Å². The smallest absolute Gasteiger partial charge is 0.333 e. The zero-order valence-electron chi connectivity index (χ0n) is 16.4. The summed E-state index contributed by atoms with van der Waals surface area (Å²) in [5.74, 6) is 0.324. The van der Waals surface area contributed by atoms with Crippen LogP contribution in [0.3, 0.4) is 0 Å². The fraction of sp³-hybridized carbons (Fsp3) is 0.810. The Bertz CT molecular complexity index is 552. The summed E-state index contributed by atoms with van der Waals surface area (Å²) in [7, 11) is 1.47. The van der Waals surface area contributed by atoms with E-state index in [-0.39, 0.29) is 29.1 Å². The standard InChI is InChI=1S/C21H34O4/c1-14(13-18(22)23)9-11-20(3)15(2)10-12-21(4)16(19(24)25-5)7-6-8-17(20)21/h7,14-15,17H,6,8-13H2,1-5H3,(H,22,23). The van der Waals surface area contributed by atoms with Crippen molar-refractivity contribution in [1.82, 2.24) is 0 Å². The molecule has 142 valence electrons. The Labute approximate surface area is 152 Å². The minimum atomic E-state index is -0.715. The molecule has 0 bridgehead atoms. The van der Waals surface area contributed by atoms with Gasteiger partial charge in [0.15, 0.2) is 0 Å². The molecule has 1 fully saturated rings. The van der Waals surface area contributed by atoms with E-state index in [9.17, 15) is 9.59 Å². The van der Waals surface area contributed by atoms with E-state index in [1.807, 2.05) is 6.92 Å². The van der Waals surface area contributed by atoms with E-state index >= 15 is 0 Å². The molecule has 0 radical (unpaired) electrons. The molecule has 0 aromatic carbocycles. The van der Waals surface area contributed by atoms with Crippen molar-refractivity contribution in [2.75, 3.05) is 7.11 Å². The van der Waals surface area contributed by atoms with Gasteiger partial charge in [-0.05, 0) is 61.7 Å². The van der Waals surface area contributed by atoms with E-state index in [2.05, 4.69) is 26.8 Å². The second kappa shape index (κ2) is 7.51. The van der Waals surface area contributed by atoms with Crippen LogP contribution >= 0.6 is 0 Å². The topological polar surface area (TPSA) is 63.6 Å². The maximum atomic E-state index is 12.4. The minimum absolute atomic E-state index is 0.122. The van der Waals surface area contributed by atoms with Crippen molar-refractivity contribution in [1.29, 1.82) is 0 Å². The largest absolute Gasteiger partial charge is 0.481 e. The van der Waals surface area contributed by atoms with Crippen molar-refractivity contribution in [2.45, 2.75) is 72.6 Å². The van der Waals surface area contributed by atoms with Crippen molar-refractivity contribution in [3.63, 3.8) is 0 Å². The normalized spacial score (nSPS) is 36.1. The fourth-order valence-corrected chi connectivity index (χ4v) is 5.49. The van der Waals surface area contributed by atoms with Gasteiger partial charge in [0.05, 0.1) is 7.11 Å². The summed E-state index contributed by atoms with van der Waals surface area (Å²) < 4.78 is 5.07. The van der Waals surface area contributed by atoms with Crippen molar-refractivity contribution in [3.8, 4) is 0 Å². The van der Waals surface area contributed by atoms with Gasteiger partial charge in [-0.15, -0.1) is 0 Å². The molecular weight excluding hydrogens is 316 g/mol. The molecule has 2 aliphatic rings. The molecule has 0 aliphatic heterocycles. The Kier molecular flexibility index (Phi) is 6.01. The zero-order valence-corrected chi connectivity index (χ0v) is 16.4. The molecule has 4 nitrogen and oxygen atoms in total. The lowest BCUT2D eigenvalue weighted by Crippen LogP contribution is -2.51.